The number of amides is 5. The quantitative estimate of drug-likeness (QED) is 0.124. The molecule has 17 nitrogen and oxygen atoms in total. The normalized spacial score (nSPS) is 19.6. The van der Waals surface area contributed by atoms with Crippen LogP contribution in [0.2, 0.25) is 0 Å². The molecule has 0 spiro atoms. The standard InChI is InChI=1S/C52H72N10O7S.5H2S/c1-12-60-42-20-19-35-26-37(42)38(47(60)36-16-13-21-53-45(36)34(5)68-11)28-52(6,7)31-69-50(66)39-17-14-23-62(56-39)49(65)40(27-43-54-41(35)30-70-43)55-48(64)46(32(2)3)58(10)51(67)61-25-24-59(29-33(61)4)44(63)18-15-22-57(8)9;;;;;/h13,15-16,18-21,26,30,32-34,39-40,46,56H,12,14,17,22-25,27-29,31H2,1-11H3,(H,55,64);5*1H2/b18-15+;;;;;/t33-,34-,39-,40-,46-;;;;;/m0...../s1. The van der Waals surface area contributed by atoms with Crippen molar-refractivity contribution in [1.82, 2.24) is 49.9 Å². The number of carbonyl (C=O) groups is 5. The van der Waals surface area contributed by atoms with Crippen LogP contribution < -0.4 is 10.7 Å². The highest BCUT2D eigenvalue weighted by molar-refractivity contribution is 7.60. The summed E-state index contributed by atoms with van der Waals surface area (Å²) in [6.45, 7) is 16.7. The molecule has 3 aliphatic rings. The minimum absolute atomic E-state index is 0. The lowest BCUT2D eigenvalue weighted by Gasteiger charge is -2.43. The Kier molecular flexibility index (Phi) is 26.1. The second kappa shape index (κ2) is 29.2. The molecule has 3 aliphatic heterocycles. The smallest absolute Gasteiger partial charge is 0.324 e. The third-order valence-corrected chi connectivity index (χ3v) is 14.6. The van der Waals surface area contributed by atoms with Crippen LogP contribution in [0.15, 0.2) is 54.1 Å². The number of hydrogen-bond acceptors (Lipinski definition) is 12. The van der Waals surface area contributed by atoms with Gasteiger partial charge in [0.05, 0.1) is 34.8 Å². The Labute approximate surface area is 482 Å². The van der Waals surface area contributed by atoms with Gasteiger partial charge in [0.2, 0.25) is 11.8 Å². The van der Waals surface area contributed by atoms with Crippen molar-refractivity contribution in [2.75, 3.05) is 67.6 Å². The van der Waals surface area contributed by atoms with Crippen molar-refractivity contribution in [2.24, 2.45) is 11.3 Å². The largest absolute Gasteiger partial charge is 0.464 e. The molecule has 2 fully saturated rings. The minimum atomic E-state index is -1.09. The maximum atomic E-state index is 14.7. The van der Waals surface area contributed by atoms with E-state index in [2.05, 4.69) is 60.3 Å². The number of ether oxygens (including phenoxy) is 2. The molecule has 5 atom stereocenters. The van der Waals surface area contributed by atoms with E-state index < -0.39 is 41.3 Å². The number of likely N-dealkylation sites (N-methyl/N-ethyl adjacent to an activating group) is 2. The number of esters is 1. The number of nitrogens with zero attached hydrogens (tertiary/aromatic N) is 8. The zero-order chi connectivity index (χ0) is 50.6. The van der Waals surface area contributed by atoms with E-state index in [0.29, 0.717) is 63.5 Å². The number of urea groups is 1. The second-order valence-corrected chi connectivity index (χ2v) is 21.3. The zero-order valence-corrected chi connectivity index (χ0v) is 51.1. The van der Waals surface area contributed by atoms with Crippen LogP contribution in [-0.2, 0) is 48.0 Å². The first-order valence-electron chi connectivity index (χ1n) is 24.6. The summed E-state index contributed by atoms with van der Waals surface area (Å²) in [4.78, 5) is 87.2. The van der Waals surface area contributed by atoms with Crippen molar-refractivity contribution in [2.45, 2.75) is 111 Å². The lowest BCUT2D eigenvalue weighted by molar-refractivity contribution is -0.155. The van der Waals surface area contributed by atoms with E-state index in [1.54, 1.807) is 36.2 Å². The van der Waals surface area contributed by atoms with Gasteiger partial charge in [0.25, 0.3) is 5.91 Å². The summed E-state index contributed by atoms with van der Waals surface area (Å²) in [7, 11) is 7.16. The Morgan fingerprint density at radius 3 is 2.41 bits per heavy atom. The first-order chi connectivity index (χ1) is 33.3. The number of thiazole rings is 1. The molecule has 3 aromatic heterocycles. The van der Waals surface area contributed by atoms with Crippen LogP contribution in [0.5, 0.6) is 0 Å². The number of methoxy groups -OCH3 is 1. The number of carbonyl (C=O) groups excluding carboxylic acids is 5. The molecule has 0 aliphatic carbocycles. The number of cyclic esters (lactones) is 1. The van der Waals surface area contributed by atoms with Gasteiger partial charge in [-0.15, -0.1) is 11.3 Å². The highest BCUT2D eigenvalue weighted by atomic mass is 32.1. The summed E-state index contributed by atoms with van der Waals surface area (Å²) >= 11 is 1.41. The minimum Gasteiger partial charge on any atom is -0.464 e. The summed E-state index contributed by atoms with van der Waals surface area (Å²) in [6, 6.07) is 6.95. The monoisotopic (exact) mass is 1150 g/mol. The molecular weight excluding hydrogens is 1070 g/mol. The van der Waals surface area contributed by atoms with Gasteiger partial charge >= 0.3 is 12.0 Å². The number of fused-ring (bicyclic) bond motifs is 6. The Hall–Kier alpha value is -3.94. The number of hydrazine groups is 1. The van der Waals surface area contributed by atoms with E-state index in [1.165, 1.54) is 21.2 Å². The van der Waals surface area contributed by atoms with Gasteiger partial charge in [-0.2, -0.15) is 67.5 Å². The topological polar surface area (TPSA) is 175 Å². The lowest BCUT2D eigenvalue weighted by Crippen LogP contribution is -2.63. The van der Waals surface area contributed by atoms with E-state index in [0.717, 1.165) is 44.7 Å². The molecule has 1 aromatic carbocycles. The molecule has 418 valence electrons. The van der Waals surface area contributed by atoms with E-state index >= 15 is 0 Å². The first-order valence-corrected chi connectivity index (χ1v) is 25.5. The summed E-state index contributed by atoms with van der Waals surface area (Å²) < 4.78 is 14.3. The van der Waals surface area contributed by atoms with Gasteiger partial charge in [-0.25, -0.2) is 15.2 Å². The molecule has 75 heavy (non-hydrogen) atoms. The Bertz CT molecular complexity index is 2610. The highest BCUT2D eigenvalue weighted by Crippen LogP contribution is 2.42. The molecule has 7 rings (SSSR count). The summed E-state index contributed by atoms with van der Waals surface area (Å²) in [5, 5.41) is 8.13. The van der Waals surface area contributed by atoms with Crippen molar-refractivity contribution in [3.63, 3.8) is 0 Å². The fraction of sp³-hybridized carbons (Fsp3) is 0.558. The zero-order valence-electron chi connectivity index (χ0n) is 45.3. The van der Waals surface area contributed by atoms with Crippen LogP contribution in [0.1, 0.15) is 83.7 Å². The maximum absolute atomic E-state index is 14.7. The molecule has 2 N–H and O–H groups in total. The number of aromatic nitrogens is 3. The Balaban J connectivity index is 0.00000385. The van der Waals surface area contributed by atoms with Gasteiger partial charge in [0.15, 0.2) is 0 Å². The molecule has 23 heteroatoms. The third-order valence-electron chi connectivity index (χ3n) is 13.7. The van der Waals surface area contributed by atoms with Gasteiger partial charge in [0.1, 0.15) is 18.1 Å². The van der Waals surface area contributed by atoms with Crippen LogP contribution in [-0.4, -0.2) is 161 Å². The molecule has 0 unspecified atom stereocenters. The summed E-state index contributed by atoms with van der Waals surface area (Å²) in [6.07, 6.45) is 6.57. The van der Waals surface area contributed by atoms with Crippen molar-refractivity contribution in [3.05, 3.63) is 70.3 Å². The van der Waals surface area contributed by atoms with Crippen LogP contribution in [0, 0.1) is 11.3 Å². The van der Waals surface area contributed by atoms with Gasteiger partial charge in [-0.05, 0) is 89.9 Å². The number of pyridine rings is 1. The molecular formula is C52H82N10O7S6. The average Bonchev–Trinajstić information content (AvgIpc) is 3.93. The van der Waals surface area contributed by atoms with Gasteiger partial charge in [0, 0.05) is 111 Å². The lowest BCUT2D eigenvalue weighted by atomic mass is 9.84. The molecule has 0 radical (unpaired) electrons. The van der Waals surface area contributed by atoms with E-state index in [1.807, 2.05) is 64.2 Å². The average molecular weight is 1150 g/mol. The van der Waals surface area contributed by atoms with Crippen LogP contribution in [0.25, 0.3) is 33.4 Å². The second-order valence-electron chi connectivity index (χ2n) is 20.3. The summed E-state index contributed by atoms with van der Waals surface area (Å²) in [5.41, 5.74) is 9.26. The van der Waals surface area contributed by atoms with Crippen LogP contribution in [0.4, 0.5) is 4.79 Å². The number of aryl methyl sites for hydroxylation is 1. The van der Waals surface area contributed by atoms with Crippen LogP contribution in [0.3, 0.4) is 0 Å². The number of benzene rings is 1. The maximum Gasteiger partial charge on any atom is 0.324 e. The predicted octanol–water partition coefficient (Wildman–Crippen LogP) is 6.49. The van der Waals surface area contributed by atoms with E-state index in [-0.39, 0.29) is 111 Å². The fourth-order valence-corrected chi connectivity index (χ4v) is 10.8. The van der Waals surface area contributed by atoms with Gasteiger partial charge in [-0.1, -0.05) is 39.8 Å². The van der Waals surface area contributed by atoms with Gasteiger partial charge < -0.3 is 39.0 Å². The van der Waals surface area contributed by atoms with E-state index in [9.17, 15) is 24.0 Å². The number of nitrogens with one attached hydrogen (secondary N) is 2. The molecule has 4 aromatic rings. The first kappa shape index (κ1) is 67.2. The summed E-state index contributed by atoms with van der Waals surface area (Å²) in [5.74, 6) is -1.81. The number of piperazine rings is 1. The molecule has 5 amide bonds. The van der Waals surface area contributed by atoms with Crippen molar-refractivity contribution in [1.29, 1.82) is 0 Å². The van der Waals surface area contributed by atoms with Crippen LogP contribution >= 0.6 is 78.8 Å². The number of rotatable bonds is 11. The third kappa shape index (κ3) is 15.4. The number of hydrogen-bond donors (Lipinski definition) is 2. The molecule has 6 bridgehead atoms. The molecule has 2 saturated heterocycles. The molecule has 0 saturated carbocycles. The SMILES string of the molecule is CCn1c(-c2cccnc2[C@H](C)OC)c2c3cc(ccc31)-c1csc(n1)C[C@H](NC(=O)[C@H](C(C)C)N(C)C(=O)N1CCN(C(=O)/C=C/CN(C)C)C[C@@H]1C)C(=O)N1CCC[C@H](N1)C(=O)OCC(C)(C)C2.S.S.S.S.S. The predicted molar refractivity (Wildman–Crippen MR) is 323 cm³/mol. The fourth-order valence-electron chi connectivity index (χ4n) is 9.98. The Morgan fingerprint density at radius 2 is 1.76 bits per heavy atom. The highest BCUT2D eigenvalue weighted by Gasteiger charge is 2.40. The van der Waals surface area contributed by atoms with Gasteiger partial charge in [-0.3, -0.25) is 29.2 Å². The van der Waals surface area contributed by atoms with E-state index in [4.69, 9.17) is 19.4 Å². The van der Waals surface area contributed by atoms with Crippen molar-refractivity contribution in [3.8, 4) is 22.5 Å². The molecule has 6 heterocycles. The Morgan fingerprint density at radius 1 is 1.04 bits per heavy atom. The van der Waals surface area contributed by atoms with Crippen molar-refractivity contribution >= 4 is 119 Å². The van der Waals surface area contributed by atoms with Crippen molar-refractivity contribution < 1.29 is 33.4 Å².